The minimum Gasteiger partial charge on any atom is -0.507 e. The first-order valence-corrected chi connectivity index (χ1v) is 25.5. The van der Waals surface area contributed by atoms with Crippen molar-refractivity contribution in [1.29, 1.82) is 0 Å². The van der Waals surface area contributed by atoms with Crippen molar-refractivity contribution in [1.82, 2.24) is 4.90 Å². The number of rotatable bonds is 7. The summed E-state index contributed by atoms with van der Waals surface area (Å²) in [5, 5.41) is 51.7. The Balaban J connectivity index is 1.35. The molecule has 5 aliphatic rings. The van der Waals surface area contributed by atoms with E-state index in [0.717, 1.165) is 30.5 Å². The van der Waals surface area contributed by atoms with Crippen LogP contribution in [-0.2, 0) is 23.8 Å². The van der Waals surface area contributed by atoms with E-state index in [-0.39, 0.29) is 61.7 Å². The number of unbranched alkanes of at least 4 members (excludes halogenated alkanes) is 1. The van der Waals surface area contributed by atoms with Crippen LogP contribution in [0.15, 0.2) is 107 Å². The molecule has 0 saturated carbocycles. The number of nitrogens with zero attached hydrogens (tertiary/aromatic N) is 3. The largest absolute Gasteiger partial charge is 0.507 e. The minimum atomic E-state index is -2.01. The SMILES string of the molecule is CCCCN1[C@@H](c2ccccc2)CC2(C[C@H]1c1ccccc1)N=c1c(c3c4c5c(C)c(O)c3c(O)c1=NC(=O)/C(C)=C\C=C\[C@H](C)[C@H](O)[C@@H](C)[C@H](O)[C@H](C)[C@H](OC(C)=O)[C@H](C)[C@@H](OC)/C=C/O[C@@](C)(O5)C4=O)N2. The number of anilines is 1. The van der Waals surface area contributed by atoms with Crippen LogP contribution >= 0.6 is 0 Å². The lowest BCUT2D eigenvalue weighted by Gasteiger charge is -2.49. The minimum absolute atomic E-state index is 0.0282. The molecule has 12 atom stereocenters. The van der Waals surface area contributed by atoms with Crippen molar-refractivity contribution in [3.8, 4) is 17.2 Å². The van der Waals surface area contributed by atoms with Crippen LogP contribution in [0.25, 0.3) is 10.8 Å². The number of benzene rings is 4. The van der Waals surface area contributed by atoms with Gasteiger partial charge in [-0.1, -0.05) is 120 Å². The first-order chi connectivity index (χ1) is 34.8. The summed E-state index contributed by atoms with van der Waals surface area (Å²) in [4.78, 5) is 54.7. The van der Waals surface area contributed by atoms with Gasteiger partial charge in [0.2, 0.25) is 0 Å². The maximum absolute atomic E-state index is 15.2. The number of allylic oxidation sites excluding steroid dienone is 2. The molecule has 4 aromatic rings. The zero-order chi connectivity index (χ0) is 52.7. The maximum Gasteiger partial charge on any atom is 0.312 e. The number of carbonyl (C=O) groups is 3. The van der Waals surface area contributed by atoms with Crippen molar-refractivity contribution in [2.45, 2.75) is 136 Å². The Bertz CT molecular complexity index is 2930. The predicted molar refractivity (Wildman–Crippen MR) is 276 cm³/mol. The van der Waals surface area contributed by atoms with E-state index in [1.54, 1.807) is 65.8 Å². The van der Waals surface area contributed by atoms with Gasteiger partial charge in [-0.2, -0.15) is 0 Å². The molecule has 5 aliphatic heterocycles. The topological polar surface area (TPSA) is 209 Å². The number of Topliss-reactive ketones (excluding diaryl/α,β-unsaturated/α-hetero) is 1. The van der Waals surface area contributed by atoms with E-state index < -0.39 is 88.7 Å². The smallest absolute Gasteiger partial charge is 0.312 e. The number of piperidine rings is 1. The number of ether oxygens (including phenoxy) is 4. The number of methoxy groups -OCH3 is 1. The molecule has 388 valence electrons. The van der Waals surface area contributed by atoms with Crippen molar-refractivity contribution in [2.75, 3.05) is 19.0 Å². The maximum atomic E-state index is 15.2. The number of amides is 1. The summed E-state index contributed by atoms with van der Waals surface area (Å²) in [5.41, 5.74) is 1.72. The molecule has 0 aliphatic carbocycles. The normalized spacial score (nSPS) is 32.4. The molecule has 4 aromatic carbocycles. The number of fused-ring (bicyclic) bond motifs is 13. The monoisotopic (exact) mass is 999 g/mol. The number of phenols is 2. The predicted octanol–water partition coefficient (Wildman–Crippen LogP) is 8.38. The summed E-state index contributed by atoms with van der Waals surface area (Å²) < 4.78 is 24.4. The fourth-order valence-electron chi connectivity index (χ4n) is 11.4. The number of likely N-dealkylation sites (tertiary alicyclic amines) is 1. The van der Waals surface area contributed by atoms with Gasteiger partial charge >= 0.3 is 11.8 Å². The number of aromatic hydroxyl groups is 2. The van der Waals surface area contributed by atoms with E-state index in [0.29, 0.717) is 12.8 Å². The Morgan fingerprint density at radius 2 is 1.49 bits per heavy atom. The summed E-state index contributed by atoms with van der Waals surface area (Å²) in [6.07, 6.45) is 6.70. The van der Waals surface area contributed by atoms with Crippen molar-refractivity contribution < 1.29 is 53.8 Å². The second-order valence-electron chi connectivity index (χ2n) is 20.6. The highest BCUT2D eigenvalue weighted by molar-refractivity contribution is 6.21. The highest BCUT2D eigenvalue weighted by atomic mass is 16.7. The highest BCUT2D eigenvalue weighted by Crippen LogP contribution is 2.54. The van der Waals surface area contributed by atoms with Crippen LogP contribution in [-0.4, -0.2) is 92.5 Å². The third-order valence-corrected chi connectivity index (χ3v) is 15.6. The molecule has 5 heterocycles. The van der Waals surface area contributed by atoms with Crippen LogP contribution in [0.3, 0.4) is 0 Å². The number of aliphatic hydroxyl groups is 2. The molecule has 73 heavy (non-hydrogen) atoms. The molecule has 15 nitrogen and oxygen atoms in total. The van der Waals surface area contributed by atoms with Gasteiger partial charge in [0.25, 0.3) is 11.7 Å². The van der Waals surface area contributed by atoms with Gasteiger partial charge < -0.3 is 44.7 Å². The zero-order valence-corrected chi connectivity index (χ0v) is 43.5. The van der Waals surface area contributed by atoms with E-state index in [2.05, 4.69) is 46.4 Å². The fourth-order valence-corrected chi connectivity index (χ4v) is 11.4. The molecule has 1 fully saturated rings. The summed E-state index contributed by atoms with van der Waals surface area (Å²) in [7, 11) is 1.47. The molecule has 9 rings (SSSR count). The molecule has 1 unspecified atom stereocenters. The third kappa shape index (κ3) is 9.92. The molecule has 0 aromatic heterocycles. The van der Waals surface area contributed by atoms with Crippen molar-refractivity contribution >= 4 is 34.1 Å². The Labute approximate surface area is 426 Å². The van der Waals surface area contributed by atoms with Crippen LogP contribution < -0.4 is 20.8 Å². The van der Waals surface area contributed by atoms with Crippen LogP contribution in [0, 0.1) is 30.6 Å². The van der Waals surface area contributed by atoms with Crippen molar-refractivity contribution in [2.24, 2.45) is 33.7 Å². The van der Waals surface area contributed by atoms with Crippen LogP contribution in [0.5, 0.6) is 17.2 Å². The van der Waals surface area contributed by atoms with Gasteiger partial charge in [0, 0.05) is 86.1 Å². The number of hydrogen-bond acceptors (Lipinski definition) is 14. The molecular weight excluding hydrogens is 929 g/mol. The molecule has 1 amide bonds. The number of ketones is 1. The molecule has 1 spiro atoms. The number of phenolic OH excluding ortho intramolecular Hbond substituents is 2. The summed E-state index contributed by atoms with van der Waals surface area (Å²) >= 11 is 0. The van der Waals surface area contributed by atoms with Gasteiger partial charge in [-0.15, -0.1) is 0 Å². The van der Waals surface area contributed by atoms with Gasteiger partial charge in [0.05, 0.1) is 41.2 Å². The van der Waals surface area contributed by atoms with E-state index in [1.165, 1.54) is 27.2 Å². The lowest BCUT2D eigenvalue weighted by atomic mass is 9.78. The first-order valence-electron chi connectivity index (χ1n) is 25.5. The van der Waals surface area contributed by atoms with Crippen LogP contribution in [0.4, 0.5) is 5.69 Å². The Kier molecular flexibility index (Phi) is 15.4. The first kappa shape index (κ1) is 52.9. The van der Waals surface area contributed by atoms with Crippen LogP contribution in [0.1, 0.15) is 120 Å². The fraction of sp³-hybridized carbons (Fsp3) is 0.466. The van der Waals surface area contributed by atoms with Gasteiger partial charge in [-0.25, -0.2) is 4.99 Å². The average Bonchev–Trinajstić information content (AvgIpc) is 3.88. The Morgan fingerprint density at radius 3 is 2.08 bits per heavy atom. The standard InChI is InChI=1S/C58H70N4O11/c1-11-12-27-62-40(38-22-15-13-16-23-38)29-58(30-41(62)39-24-17-14-18-25-39)60-46-43-44-51(66)36(7)54-45(43)55(68)57(9,73-54)71-28-26-42(70-10)33(4)53(72-37(8)63)35(6)50(65)34(5)49(64)31(2)20-19-21-32(3)56(69)59-48(52(44)67)47(46)61-58/h13-26,28,31,33-35,40-42,49-50,53,60,64-67H,11-12,27,29-30H2,1-10H3/b20-19+,28-26+,32-21-,59-48?/t31-,33+,34+,35-,40-,41+,42-,49-,50-,53+,57-,58?/m0/s1. The Morgan fingerprint density at radius 1 is 0.863 bits per heavy atom. The van der Waals surface area contributed by atoms with Gasteiger partial charge in [0.1, 0.15) is 34.0 Å². The van der Waals surface area contributed by atoms with Gasteiger partial charge in [-0.05, 0) is 44.0 Å². The second-order valence-corrected chi connectivity index (χ2v) is 20.6. The average molecular weight is 999 g/mol. The molecule has 15 heteroatoms. The summed E-state index contributed by atoms with van der Waals surface area (Å²) in [5.74, 6) is -7.30. The number of esters is 1. The quantitative estimate of drug-likeness (QED) is 0.0872. The number of nitrogens with one attached hydrogen (secondary N) is 1. The number of aliphatic hydroxyl groups excluding tert-OH is 2. The van der Waals surface area contributed by atoms with Crippen LogP contribution in [0.2, 0.25) is 0 Å². The lowest BCUT2D eigenvalue weighted by molar-refractivity contribution is -0.160. The molecule has 5 bridgehead atoms. The summed E-state index contributed by atoms with van der Waals surface area (Å²) in [6.45, 7) is 15.9. The van der Waals surface area contributed by atoms with E-state index in [4.69, 9.17) is 23.9 Å². The second kappa shape index (κ2) is 21.2. The zero-order valence-electron chi connectivity index (χ0n) is 43.5. The van der Waals surface area contributed by atoms with Gasteiger partial charge in [0.15, 0.2) is 5.75 Å². The summed E-state index contributed by atoms with van der Waals surface area (Å²) in [6, 6.07) is 20.2. The number of hydrogen-bond donors (Lipinski definition) is 5. The number of carbonyl (C=O) groups excluding carboxylic acids is 3. The van der Waals surface area contributed by atoms with Gasteiger partial charge in [-0.3, -0.25) is 24.3 Å². The molecule has 5 N–H and O–H groups in total. The Hall–Kier alpha value is -6.39. The van der Waals surface area contributed by atoms with E-state index in [9.17, 15) is 30.0 Å². The molecular formula is C58H70N4O11. The lowest BCUT2D eigenvalue weighted by Crippen LogP contribution is -2.50. The van der Waals surface area contributed by atoms with Crippen molar-refractivity contribution in [3.05, 3.63) is 130 Å². The highest BCUT2D eigenvalue weighted by Gasteiger charge is 2.52. The third-order valence-electron chi connectivity index (χ3n) is 15.6. The van der Waals surface area contributed by atoms with E-state index >= 15 is 4.79 Å². The van der Waals surface area contributed by atoms with E-state index in [1.807, 2.05) is 36.4 Å². The molecule has 1 saturated heterocycles. The molecule has 0 radical (unpaired) electrons. The van der Waals surface area contributed by atoms with Crippen molar-refractivity contribution in [3.63, 3.8) is 0 Å².